The molecule has 0 aromatic carbocycles. The van der Waals surface area contributed by atoms with E-state index in [2.05, 4.69) is 12.2 Å². The molecule has 0 aliphatic carbocycles. The van der Waals surface area contributed by atoms with Crippen molar-refractivity contribution in [3.8, 4) is 0 Å². The Bertz CT molecular complexity index is 252. The van der Waals surface area contributed by atoms with E-state index in [0.29, 0.717) is 19.8 Å². The van der Waals surface area contributed by atoms with Crippen LogP contribution in [0.3, 0.4) is 0 Å². The lowest BCUT2D eigenvalue weighted by Crippen LogP contribution is -2.30. The summed E-state index contributed by atoms with van der Waals surface area (Å²) in [5, 5.41) is 14.8. The molecule has 0 amide bonds. The second-order valence-electron chi connectivity index (χ2n) is 3.81. The van der Waals surface area contributed by atoms with Gasteiger partial charge in [0.05, 0.1) is 19.3 Å². The summed E-state index contributed by atoms with van der Waals surface area (Å²) >= 11 is 1.68. The zero-order valence-corrected chi connectivity index (χ0v) is 10.6. The number of unbranched alkanes of at least 4 members (excludes halogenated alkanes) is 1. The summed E-state index contributed by atoms with van der Waals surface area (Å²) in [6.07, 6.45) is 1.93. The zero-order chi connectivity index (χ0) is 11.6. The summed E-state index contributed by atoms with van der Waals surface area (Å²) in [6.45, 7) is 4.74. The van der Waals surface area contributed by atoms with Crippen LogP contribution in [-0.2, 0) is 11.3 Å². The third kappa shape index (κ3) is 6.23. The van der Waals surface area contributed by atoms with Gasteiger partial charge in [0, 0.05) is 11.4 Å². The van der Waals surface area contributed by atoms with Crippen molar-refractivity contribution in [1.29, 1.82) is 0 Å². The van der Waals surface area contributed by atoms with Gasteiger partial charge in [0.2, 0.25) is 0 Å². The van der Waals surface area contributed by atoms with Crippen LogP contribution in [0.2, 0.25) is 0 Å². The molecule has 1 unspecified atom stereocenters. The van der Waals surface area contributed by atoms with Gasteiger partial charge in [-0.05, 0) is 24.4 Å². The van der Waals surface area contributed by atoms with Crippen molar-refractivity contribution in [1.82, 2.24) is 5.32 Å². The van der Waals surface area contributed by atoms with Gasteiger partial charge in [0.25, 0.3) is 0 Å². The topological polar surface area (TPSA) is 41.5 Å². The molecule has 0 aliphatic heterocycles. The normalized spacial score (nSPS) is 12.9. The fraction of sp³-hybridized carbons (Fsp3) is 0.667. The molecule has 0 saturated heterocycles. The average molecular weight is 243 g/mol. The lowest BCUT2D eigenvalue weighted by atomic mass is 10.3. The number of aliphatic hydroxyl groups is 1. The Kier molecular flexibility index (Phi) is 7.42. The molecule has 4 heteroatoms. The molecular weight excluding hydrogens is 222 g/mol. The van der Waals surface area contributed by atoms with Crippen molar-refractivity contribution in [3.05, 3.63) is 22.4 Å². The van der Waals surface area contributed by atoms with Crippen molar-refractivity contribution in [2.24, 2.45) is 0 Å². The highest BCUT2D eigenvalue weighted by Gasteiger charge is 2.03. The Morgan fingerprint density at radius 2 is 2.44 bits per heavy atom. The summed E-state index contributed by atoms with van der Waals surface area (Å²) in [6, 6.07) is 4.04. The fourth-order valence-corrected chi connectivity index (χ4v) is 1.96. The highest BCUT2D eigenvalue weighted by Crippen LogP contribution is 2.09. The van der Waals surface area contributed by atoms with E-state index < -0.39 is 6.10 Å². The molecule has 1 atom stereocenters. The molecule has 0 bridgehead atoms. The van der Waals surface area contributed by atoms with Crippen LogP contribution in [0.15, 0.2) is 17.5 Å². The van der Waals surface area contributed by atoms with E-state index in [4.69, 9.17) is 4.74 Å². The number of hydrogen-bond acceptors (Lipinski definition) is 4. The highest BCUT2D eigenvalue weighted by molar-refractivity contribution is 7.09. The van der Waals surface area contributed by atoms with Crippen molar-refractivity contribution >= 4 is 11.3 Å². The molecule has 1 rings (SSSR count). The van der Waals surface area contributed by atoms with E-state index in [1.807, 2.05) is 17.5 Å². The molecule has 0 radical (unpaired) electrons. The smallest absolute Gasteiger partial charge is 0.0897 e. The molecule has 2 N–H and O–H groups in total. The summed E-state index contributed by atoms with van der Waals surface area (Å²) < 4.78 is 5.42. The molecule has 0 aliphatic rings. The van der Waals surface area contributed by atoms with E-state index in [1.54, 1.807) is 11.3 Å². The van der Waals surface area contributed by atoms with Crippen molar-refractivity contribution in [3.63, 3.8) is 0 Å². The van der Waals surface area contributed by atoms with E-state index in [9.17, 15) is 5.11 Å². The minimum atomic E-state index is -0.406. The van der Waals surface area contributed by atoms with Crippen LogP contribution in [0.25, 0.3) is 0 Å². The second kappa shape index (κ2) is 8.70. The van der Waals surface area contributed by atoms with Crippen molar-refractivity contribution in [2.75, 3.05) is 19.7 Å². The Hall–Kier alpha value is -0.420. The van der Waals surface area contributed by atoms with E-state index in [0.717, 1.165) is 13.0 Å². The van der Waals surface area contributed by atoms with Crippen LogP contribution in [0.4, 0.5) is 0 Å². The molecule has 3 nitrogen and oxygen atoms in total. The lowest BCUT2D eigenvalue weighted by Gasteiger charge is -2.11. The SMILES string of the molecule is CCCCNCC(O)COCc1cccs1. The van der Waals surface area contributed by atoms with Gasteiger partial charge in [-0.2, -0.15) is 0 Å². The van der Waals surface area contributed by atoms with Crippen LogP contribution in [0.1, 0.15) is 24.6 Å². The minimum absolute atomic E-state index is 0.400. The number of thiophene rings is 1. The quantitative estimate of drug-likeness (QED) is 0.652. The first-order chi connectivity index (χ1) is 7.83. The van der Waals surface area contributed by atoms with Gasteiger partial charge >= 0.3 is 0 Å². The minimum Gasteiger partial charge on any atom is -0.389 e. The van der Waals surface area contributed by atoms with Crippen LogP contribution in [0.5, 0.6) is 0 Å². The maximum absolute atomic E-state index is 9.59. The summed E-state index contributed by atoms with van der Waals surface area (Å²) in [5.41, 5.74) is 0. The molecule has 0 spiro atoms. The summed E-state index contributed by atoms with van der Waals surface area (Å²) in [4.78, 5) is 1.20. The molecule has 0 fully saturated rings. The summed E-state index contributed by atoms with van der Waals surface area (Å²) in [5.74, 6) is 0. The number of hydrogen-bond donors (Lipinski definition) is 2. The standard InChI is InChI=1S/C12H21NO2S/c1-2-3-6-13-8-11(14)9-15-10-12-5-4-7-16-12/h4-5,7,11,13-14H,2-3,6,8-10H2,1H3. The van der Waals surface area contributed by atoms with Crippen LogP contribution in [0, 0.1) is 0 Å². The van der Waals surface area contributed by atoms with Gasteiger partial charge < -0.3 is 15.2 Å². The first-order valence-corrected chi connectivity index (χ1v) is 6.69. The second-order valence-corrected chi connectivity index (χ2v) is 4.84. The lowest BCUT2D eigenvalue weighted by molar-refractivity contribution is 0.0299. The molecule has 0 saturated carbocycles. The van der Waals surface area contributed by atoms with Gasteiger partial charge in [-0.25, -0.2) is 0 Å². The van der Waals surface area contributed by atoms with Crippen molar-refractivity contribution < 1.29 is 9.84 Å². The molecule has 92 valence electrons. The Morgan fingerprint density at radius 1 is 1.56 bits per heavy atom. The number of ether oxygens (including phenoxy) is 1. The van der Waals surface area contributed by atoms with Crippen LogP contribution < -0.4 is 5.32 Å². The third-order valence-corrected chi connectivity index (χ3v) is 3.07. The fourth-order valence-electron chi connectivity index (χ4n) is 1.32. The van der Waals surface area contributed by atoms with Crippen LogP contribution in [-0.4, -0.2) is 30.9 Å². The zero-order valence-electron chi connectivity index (χ0n) is 9.82. The number of rotatable bonds is 9. The Labute approximate surface area is 101 Å². The predicted octanol–water partition coefficient (Wildman–Crippen LogP) is 2.02. The van der Waals surface area contributed by atoms with Gasteiger partial charge in [-0.15, -0.1) is 11.3 Å². The van der Waals surface area contributed by atoms with Crippen LogP contribution >= 0.6 is 11.3 Å². The molecule has 1 heterocycles. The van der Waals surface area contributed by atoms with Gasteiger partial charge in [-0.3, -0.25) is 0 Å². The number of aliphatic hydroxyl groups excluding tert-OH is 1. The largest absolute Gasteiger partial charge is 0.389 e. The first-order valence-electron chi connectivity index (χ1n) is 5.81. The van der Waals surface area contributed by atoms with Gasteiger partial charge in [-0.1, -0.05) is 19.4 Å². The first kappa shape index (κ1) is 13.6. The van der Waals surface area contributed by atoms with E-state index in [-0.39, 0.29) is 0 Å². The third-order valence-electron chi connectivity index (χ3n) is 2.22. The van der Waals surface area contributed by atoms with Gasteiger partial charge in [0.1, 0.15) is 0 Å². The molecule has 1 aromatic heterocycles. The predicted molar refractivity (Wildman–Crippen MR) is 67.8 cm³/mol. The number of nitrogens with one attached hydrogen (secondary N) is 1. The monoisotopic (exact) mass is 243 g/mol. The molecular formula is C12H21NO2S. The van der Waals surface area contributed by atoms with Gasteiger partial charge in [0.15, 0.2) is 0 Å². The van der Waals surface area contributed by atoms with Crippen molar-refractivity contribution in [2.45, 2.75) is 32.5 Å². The van der Waals surface area contributed by atoms with E-state index >= 15 is 0 Å². The molecule has 16 heavy (non-hydrogen) atoms. The Balaban J connectivity index is 1.95. The maximum atomic E-state index is 9.59. The molecule has 1 aromatic rings. The Morgan fingerprint density at radius 3 is 3.12 bits per heavy atom. The highest BCUT2D eigenvalue weighted by atomic mass is 32.1. The summed E-state index contributed by atoms with van der Waals surface area (Å²) in [7, 11) is 0. The maximum Gasteiger partial charge on any atom is 0.0897 e. The van der Waals surface area contributed by atoms with E-state index in [1.165, 1.54) is 11.3 Å². The average Bonchev–Trinajstić information content (AvgIpc) is 2.77.